The lowest BCUT2D eigenvalue weighted by Gasteiger charge is -2.33. The molecule has 0 radical (unpaired) electrons. The Kier molecular flexibility index (Phi) is 5.30. The molecule has 25 heavy (non-hydrogen) atoms. The molecule has 1 heterocycles. The van der Waals surface area contributed by atoms with Crippen molar-refractivity contribution in [3.8, 4) is 0 Å². The van der Waals surface area contributed by atoms with Crippen molar-refractivity contribution in [1.82, 2.24) is 9.80 Å². The molecule has 3 amide bonds. The largest absolute Gasteiger partial charge is 0.336 e. The molecule has 1 aliphatic heterocycles. The molecule has 1 atom stereocenters. The van der Waals surface area contributed by atoms with E-state index >= 15 is 0 Å². The Labute approximate surface area is 150 Å². The van der Waals surface area contributed by atoms with Crippen LogP contribution in [0.2, 0.25) is 0 Å². The van der Waals surface area contributed by atoms with E-state index in [4.69, 9.17) is 0 Å². The number of rotatable bonds is 4. The van der Waals surface area contributed by atoms with Gasteiger partial charge in [-0.25, -0.2) is 4.79 Å². The van der Waals surface area contributed by atoms with E-state index in [0.29, 0.717) is 17.5 Å². The molecule has 2 aliphatic rings. The second-order valence-electron chi connectivity index (χ2n) is 7.63. The van der Waals surface area contributed by atoms with Gasteiger partial charge in [0.2, 0.25) is 0 Å². The number of piperidine rings is 1. The summed E-state index contributed by atoms with van der Waals surface area (Å²) in [5, 5.41) is 2.96. The zero-order valence-corrected chi connectivity index (χ0v) is 15.5. The summed E-state index contributed by atoms with van der Waals surface area (Å²) in [5.74, 6) is 0.766. The highest BCUT2D eigenvalue weighted by Gasteiger charge is 2.26. The molecule has 1 aromatic rings. The summed E-state index contributed by atoms with van der Waals surface area (Å²) >= 11 is 0. The third-order valence-electron chi connectivity index (χ3n) is 5.35. The van der Waals surface area contributed by atoms with Crippen LogP contribution in [0.15, 0.2) is 18.2 Å². The molecule has 0 aromatic heterocycles. The van der Waals surface area contributed by atoms with Crippen molar-refractivity contribution >= 4 is 17.6 Å². The SMILES string of the molecule is Cc1cc(C(=O)N2CCCCC2C)ccc1NC(=O)N(C)CC1CC1. The maximum Gasteiger partial charge on any atom is 0.321 e. The van der Waals surface area contributed by atoms with Crippen LogP contribution in [-0.4, -0.2) is 47.9 Å². The van der Waals surface area contributed by atoms with E-state index in [1.165, 1.54) is 19.3 Å². The van der Waals surface area contributed by atoms with Gasteiger partial charge in [0.1, 0.15) is 0 Å². The Morgan fingerprint density at radius 1 is 1.24 bits per heavy atom. The van der Waals surface area contributed by atoms with Crippen LogP contribution in [0, 0.1) is 12.8 Å². The molecule has 1 aromatic carbocycles. The van der Waals surface area contributed by atoms with E-state index in [9.17, 15) is 9.59 Å². The molecule has 1 saturated carbocycles. The molecule has 5 heteroatoms. The summed E-state index contributed by atoms with van der Waals surface area (Å²) in [7, 11) is 1.83. The van der Waals surface area contributed by atoms with Crippen molar-refractivity contribution < 1.29 is 9.59 Å². The zero-order valence-electron chi connectivity index (χ0n) is 15.5. The van der Waals surface area contributed by atoms with Gasteiger partial charge < -0.3 is 15.1 Å². The average Bonchev–Trinajstić information content (AvgIpc) is 3.40. The molecule has 1 N–H and O–H groups in total. The second-order valence-corrected chi connectivity index (χ2v) is 7.63. The van der Waals surface area contributed by atoms with Gasteiger partial charge in [0.25, 0.3) is 5.91 Å². The van der Waals surface area contributed by atoms with Crippen LogP contribution in [0.1, 0.15) is 54.9 Å². The Bertz CT molecular complexity index is 654. The van der Waals surface area contributed by atoms with Crippen LogP contribution in [0.25, 0.3) is 0 Å². The van der Waals surface area contributed by atoms with Crippen LogP contribution >= 0.6 is 0 Å². The van der Waals surface area contributed by atoms with Crippen molar-refractivity contribution in [1.29, 1.82) is 0 Å². The van der Waals surface area contributed by atoms with Crippen molar-refractivity contribution in [3.63, 3.8) is 0 Å². The Morgan fingerprint density at radius 3 is 2.64 bits per heavy atom. The highest BCUT2D eigenvalue weighted by atomic mass is 16.2. The van der Waals surface area contributed by atoms with Crippen LogP contribution in [-0.2, 0) is 0 Å². The van der Waals surface area contributed by atoms with E-state index < -0.39 is 0 Å². The number of anilines is 1. The summed E-state index contributed by atoms with van der Waals surface area (Å²) < 4.78 is 0. The first-order chi connectivity index (χ1) is 12.0. The number of carbonyl (C=O) groups excluding carboxylic acids is 2. The highest BCUT2D eigenvalue weighted by molar-refractivity contribution is 5.96. The van der Waals surface area contributed by atoms with Crippen LogP contribution in [0.3, 0.4) is 0 Å². The Balaban J connectivity index is 1.65. The average molecular weight is 343 g/mol. The predicted octanol–water partition coefficient (Wildman–Crippen LogP) is 3.88. The van der Waals surface area contributed by atoms with E-state index in [0.717, 1.165) is 37.2 Å². The van der Waals surface area contributed by atoms with Gasteiger partial charge in [-0.2, -0.15) is 0 Å². The molecular formula is C20H29N3O2. The third-order valence-corrected chi connectivity index (χ3v) is 5.35. The van der Waals surface area contributed by atoms with E-state index in [1.54, 1.807) is 4.90 Å². The fourth-order valence-corrected chi connectivity index (χ4v) is 3.48. The monoisotopic (exact) mass is 343 g/mol. The molecule has 136 valence electrons. The van der Waals surface area contributed by atoms with Gasteiger partial charge in [-0.1, -0.05) is 0 Å². The fourth-order valence-electron chi connectivity index (χ4n) is 3.48. The molecular weight excluding hydrogens is 314 g/mol. The van der Waals surface area contributed by atoms with Gasteiger partial charge in [-0.3, -0.25) is 4.79 Å². The number of aryl methyl sites for hydroxylation is 1. The highest BCUT2D eigenvalue weighted by Crippen LogP contribution is 2.29. The Hall–Kier alpha value is -2.04. The first-order valence-electron chi connectivity index (χ1n) is 9.39. The van der Waals surface area contributed by atoms with Crippen LogP contribution in [0.4, 0.5) is 10.5 Å². The van der Waals surface area contributed by atoms with Crippen molar-refractivity contribution in [3.05, 3.63) is 29.3 Å². The molecule has 1 saturated heterocycles. The second kappa shape index (κ2) is 7.46. The summed E-state index contributed by atoms with van der Waals surface area (Å²) in [4.78, 5) is 28.8. The van der Waals surface area contributed by atoms with Gasteiger partial charge in [0.05, 0.1) is 0 Å². The number of nitrogens with one attached hydrogen (secondary N) is 1. The van der Waals surface area contributed by atoms with Crippen molar-refractivity contribution in [2.75, 3.05) is 25.5 Å². The lowest BCUT2D eigenvalue weighted by atomic mass is 10.0. The maximum absolute atomic E-state index is 12.8. The molecule has 0 bridgehead atoms. The number of likely N-dealkylation sites (tertiary alicyclic amines) is 1. The lowest BCUT2D eigenvalue weighted by Crippen LogP contribution is -2.42. The third kappa shape index (κ3) is 4.33. The van der Waals surface area contributed by atoms with Crippen LogP contribution < -0.4 is 5.32 Å². The number of hydrogen-bond donors (Lipinski definition) is 1. The van der Waals surface area contributed by atoms with Crippen molar-refractivity contribution in [2.45, 2.75) is 52.0 Å². The minimum absolute atomic E-state index is 0.0845. The number of nitrogens with zero attached hydrogens (tertiary/aromatic N) is 2. The summed E-state index contributed by atoms with van der Waals surface area (Å²) in [6.45, 7) is 5.71. The van der Waals surface area contributed by atoms with Crippen molar-refractivity contribution in [2.24, 2.45) is 5.92 Å². The molecule has 2 fully saturated rings. The van der Waals surface area contributed by atoms with E-state index in [2.05, 4.69) is 12.2 Å². The maximum atomic E-state index is 12.8. The number of hydrogen-bond acceptors (Lipinski definition) is 2. The first kappa shape index (κ1) is 17.8. The predicted molar refractivity (Wildman–Crippen MR) is 99.9 cm³/mol. The molecule has 0 spiro atoms. The standard InChI is InChI=1S/C20H29N3O2/c1-14-12-17(19(24)23-11-5-4-6-15(23)2)9-10-18(14)21-20(25)22(3)13-16-7-8-16/h9-10,12,15-16H,4-8,11,13H2,1-3H3,(H,21,25). The summed E-state index contributed by atoms with van der Waals surface area (Å²) in [6, 6.07) is 5.78. The molecule has 5 nitrogen and oxygen atoms in total. The van der Waals surface area contributed by atoms with Crippen LogP contribution in [0.5, 0.6) is 0 Å². The van der Waals surface area contributed by atoms with Gasteiger partial charge in [0.15, 0.2) is 0 Å². The Morgan fingerprint density at radius 2 is 2.00 bits per heavy atom. The molecule has 1 aliphatic carbocycles. The normalized spacial score (nSPS) is 20.3. The first-order valence-corrected chi connectivity index (χ1v) is 9.39. The van der Waals surface area contributed by atoms with Gasteiger partial charge in [0, 0.05) is 37.4 Å². The number of benzene rings is 1. The molecule has 1 unspecified atom stereocenters. The topological polar surface area (TPSA) is 52.7 Å². The quantitative estimate of drug-likeness (QED) is 0.902. The van der Waals surface area contributed by atoms with Gasteiger partial charge in [-0.15, -0.1) is 0 Å². The van der Waals surface area contributed by atoms with E-state index in [1.807, 2.05) is 37.1 Å². The number of urea groups is 1. The summed E-state index contributed by atoms with van der Waals surface area (Å²) in [6.07, 6.45) is 5.80. The minimum Gasteiger partial charge on any atom is -0.336 e. The van der Waals surface area contributed by atoms with E-state index in [-0.39, 0.29) is 11.9 Å². The zero-order chi connectivity index (χ0) is 18.0. The smallest absolute Gasteiger partial charge is 0.321 e. The lowest BCUT2D eigenvalue weighted by molar-refractivity contribution is 0.0635. The summed E-state index contributed by atoms with van der Waals surface area (Å²) in [5.41, 5.74) is 2.40. The van der Waals surface area contributed by atoms with Gasteiger partial charge in [-0.05, 0) is 75.6 Å². The van der Waals surface area contributed by atoms with Gasteiger partial charge >= 0.3 is 6.03 Å². The fraction of sp³-hybridized carbons (Fsp3) is 0.600. The number of amides is 3. The number of carbonyl (C=O) groups is 2. The minimum atomic E-state index is -0.0845. The molecule has 3 rings (SSSR count).